The zero-order chi connectivity index (χ0) is 11.4. The molecule has 0 bridgehead atoms. The smallest absolute Gasteiger partial charge is 0.325 e. The monoisotopic (exact) mass is 217 g/mol. The topological polar surface area (TPSA) is 40.5 Å². The van der Waals surface area contributed by atoms with Crippen molar-refractivity contribution in [3.8, 4) is 0 Å². The fraction of sp³-hybridized carbons (Fsp3) is 0.308. The molecule has 1 atom stereocenters. The number of carboxylic acids is 1. The van der Waals surface area contributed by atoms with Crippen LogP contribution in [0.4, 0.5) is 0 Å². The van der Waals surface area contributed by atoms with Crippen LogP contribution >= 0.6 is 0 Å². The summed E-state index contributed by atoms with van der Waals surface area (Å²) in [7, 11) is 0. The predicted octanol–water partition coefficient (Wildman–Crippen LogP) is 2.07. The van der Waals surface area contributed by atoms with E-state index >= 15 is 0 Å². The van der Waals surface area contributed by atoms with Crippen molar-refractivity contribution in [3.63, 3.8) is 0 Å². The van der Waals surface area contributed by atoms with Crippen LogP contribution in [0.15, 0.2) is 42.5 Å². The molecule has 0 aliphatic carbocycles. The summed E-state index contributed by atoms with van der Waals surface area (Å²) < 4.78 is 0. The van der Waals surface area contributed by atoms with Gasteiger partial charge in [-0.1, -0.05) is 42.5 Å². The van der Waals surface area contributed by atoms with Gasteiger partial charge in [-0.15, -0.1) is 0 Å². The van der Waals surface area contributed by atoms with Gasteiger partial charge in [-0.2, -0.15) is 0 Å². The van der Waals surface area contributed by atoms with Crippen molar-refractivity contribution in [1.29, 1.82) is 0 Å². The van der Waals surface area contributed by atoms with Crippen LogP contribution in [-0.4, -0.2) is 29.1 Å². The molecule has 0 aromatic heterocycles. The van der Waals surface area contributed by atoms with Gasteiger partial charge in [-0.25, -0.2) is 0 Å². The van der Waals surface area contributed by atoms with Crippen LogP contribution in [0.1, 0.15) is 18.0 Å². The van der Waals surface area contributed by atoms with Gasteiger partial charge in [0.1, 0.15) is 6.04 Å². The number of hydrogen-bond acceptors (Lipinski definition) is 2. The van der Waals surface area contributed by atoms with Crippen LogP contribution in [0.3, 0.4) is 0 Å². The van der Waals surface area contributed by atoms with E-state index in [-0.39, 0.29) is 0 Å². The Bertz CT molecular complexity index is 386. The summed E-state index contributed by atoms with van der Waals surface area (Å²) in [6, 6.07) is 8.88. The van der Waals surface area contributed by atoms with E-state index < -0.39 is 12.0 Å². The van der Waals surface area contributed by atoms with Crippen molar-refractivity contribution >= 4 is 5.97 Å². The molecule has 1 aromatic rings. The molecule has 1 N–H and O–H groups in total. The van der Waals surface area contributed by atoms with Gasteiger partial charge < -0.3 is 5.11 Å². The Morgan fingerprint density at radius 2 is 2.00 bits per heavy atom. The summed E-state index contributed by atoms with van der Waals surface area (Å²) in [5.41, 5.74) is 0.852. The molecule has 0 saturated carbocycles. The molecule has 0 radical (unpaired) electrons. The molecule has 1 unspecified atom stereocenters. The van der Waals surface area contributed by atoms with Gasteiger partial charge in [0.15, 0.2) is 0 Å². The number of carboxylic acid groups (broad SMARTS) is 1. The Morgan fingerprint density at radius 1 is 1.25 bits per heavy atom. The molecule has 3 heteroatoms. The minimum Gasteiger partial charge on any atom is -0.480 e. The van der Waals surface area contributed by atoms with E-state index in [9.17, 15) is 9.90 Å². The number of hydrogen-bond donors (Lipinski definition) is 1. The van der Waals surface area contributed by atoms with E-state index in [1.807, 2.05) is 41.3 Å². The van der Waals surface area contributed by atoms with Crippen LogP contribution in [-0.2, 0) is 4.79 Å². The van der Waals surface area contributed by atoms with E-state index in [4.69, 9.17) is 0 Å². The van der Waals surface area contributed by atoms with Crippen LogP contribution in [0, 0.1) is 0 Å². The molecule has 1 aliphatic rings. The molecule has 0 spiro atoms. The molecule has 0 amide bonds. The zero-order valence-corrected chi connectivity index (χ0v) is 9.04. The largest absolute Gasteiger partial charge is 0.480 e. The van der Waals surface area contributed by atoms with Crippen LogP contribution in [0.2, 0.25) is 0 Å². The van der Waals surface area contributed by atoms with Gasteiger partial charge in [-0.3, -0.25) is 9.69 Å². The van der Waals surface area contributed by atoms with Crippen molar-refractivity contribution in [2.75, 3.05) is 13.1 Å². The lowest BCUT2D eigenvalue weighted by Crippen LogP contribution is -2.36. The third kappa shape index (κ3) is 2.31. The average Bonchev–Trinajstić information content (AvgIpc) is 2.31. The third-order valence-corrected chi connectivity index (χ3v) is 2.80. The Labute approximate surface area is 95.0 Å². The van der Waals surface area contributed by atoms with Crippen molar-refractivity contribution in [2.45, 2.75) is 12.5 Å². The summed E-state index contributed by atoms with van der Waals surface area (Å²) in [5.74, 6) is -0.776. The number of aliphatic carboxylic acids is 1. The average molecular weight is 217 g/mol. The SMILES string of the molecule is O=C(O)C(c1ccccc1)N1CC=CCC1. The second-order valence-electron chi connectivity index (χ2n) is 3.91. The van der Waals surface area contributed by atoms with Crippen molar-refractivity contribution in [2.24, 2.45) is 0 Å². The molecule has 1 aromatic carbocycles. The van der Waals surface area contributed by atoms with E-state index in [0.29, 0.717) is 6.54 Å². The Hall–Kier alpha value is -1.61. The summed E-state index contributed by atoms with van der Waals surface area (Å²) in [6.07, 6.45) is 5.05. The molecule has 16 heavy (non-hydrogen) atoms. The van der Waals surface area contributed by atoms with E-state index in [2.05, 4.69) is 6.08 Å². The van der Waals surface area contributed by atoms with Gasteiger partial charge >= 0.3 is 5.97 Å². The normalized spacial score (nSPS) is 18.2. The number of rotatable bonds is 3. The fourth-order valence-electron chi connectivity index (χ4n) is 2.04. The molecule has 0 saturated heterocycles. The van der Waals surface area contributed by atoms with E-state index in [1.54, 1.807) is 0 Å². The highest BCUT2D eigenvalue weighted by atomic mass is 16.4. The summed E-state index contributed by atoms with van der Waals surface area (Å²) in [4.78, 5) is 13.3. The lowest BCUT2D eigenvalue weighted by Gasteiger charge is -2.29. The maximum absolute atomic E-state index is 11.3. The minimum atomic E-state index is -0.776. The van der Waals surface area contributed by atoms with Crippen LogP contribution in [0.25, 0.3) is 0 Å². The van der Waals surface area contributed by atoms with Gasteiger partial charge in [0.25, 0.3) is 0 Å². The lowest BCUT2D eigenvalue weighted by molar-refractivity contribution is -0.143. The number of nitrogens with zero attached hydrogens (tertiary/aromatic N) is 1. The second kappa shape index (κ2) is 4.94. The van der Waals surface area contributed by atoms with E-state index in [1.165, 1.54) is 0 Å². The standard InChI is InChI=1S/C13H15NO2/c15-13(16)12(11-7-3-1-4-8-11)14-9-5-2-6-10-14/h1-5,7-8,12H,6,9-10H2,(H,15,16). The third-order valence-electron chi connectivity index (χ3n) is 2.80. The highest BCUT2D eigenvalue weighted by Gasteiger charge is 2.26. The number of benzene rings is 1. The second-order valence-corrected chi connectivity index (χ2v) is 3.91. The first-order chi connectivity index (χ1) is 7.79. The van der Waals surface area contributed by atoms with Gasteiger partial charge in [-0.05, 0) is 12.0 Å². The number of carbonyl (C=O) groups is 1. The summed E-state index contributed by atoms with van der Waals surface area (Å²) >= 11 is 0. The first-order valence-electron chi connectivity index (χ1n) is 5.46. The quantitative estimate of drug-likeness (QED) is 0.788. The maximum Gasteiger partial charge on any atom is 0.325 e. The lowest BCUT2D eigenvalue weighted by atomic mass is 10.0. The molecule has 3 nitrogen and oxygen atoms in total. The molecule has 2 rings (SSSR count). The van der Waals surface area contributed by atoms with E-state index in [0.717, 1.165) is 18.5 Å². The fourth-order valence-corrected chi connectivity index (χ4v) is 2.04. The van der Waals surface area contributed by atoms with Gasteiger partial charge in [0.05, 0.1) is 0 Å². The van der Waals surface area contributed by atoms with Crippen LogP contribution < -0.4 is 0 Å². The van der Waals surface area contributed by atoms with Crippen molar-refractivity contribution in [1.82, 2.24) is 4.90 Å². The Morgan fingerprint density at radius 3 is 2.56 bits per heavy atom. The highest BCUT2D eigenvalue weighted by molar-refractivity contribution is 5.75. The zero-order valence-electron chi connectivity index (χ0n) is 9.04. The maximum atomic E-state index is 11.3. The molecule has 1 heterocycles. The van der Waals surface area contributed by atoms with Crippen molar-refractivity contribution in [3.05, 3.63) is 48.0 Å². The summed E-state index contributed by atoms with van der Waals surface area (Å²) in [5, 5.41) is 9.31. The first-order valence-corrected chi connectivity index (χ1v) is 5.46. The van der Waals surface area contributed by atoms with Crippen molar-refractivity contribution < 1.29 is 9.90 Å². The first kappa shape index (κ1) is 10.9. The predicted molar refractivity (Wildman–Crippen MR) is 62.1 cm³/mol. The van der Waals surface area contributed by atoms with Gasteiger partial charge in [0, 0.05) is 13.1 Å². The Balaban J connectivity index is 2.24. The molecule has 84 valence electrons. The summed E-state index contributed by atoms with van der Waals surface area (Å²) in [6.45, 7) is 1.52. The molecule has 1 aliphatic heterocycles. The molecular formula is C13H15NO2. The molecular weight excluding hydrogens is 202 g/mol. The highest BCUT2D eigenvalue weighted by Crippen LogP contribution is 2.22. The van der Waals surface area contributed by atoms with Crippen LogP contribution in [0.5, 0.6) is 0 Å². The van der Waals surface area contributed by atoms with Gasteiger partial charge in [0.2, 0.25) is 0 Å². The molecule has 0 fully saturated rings. The minimum absolute atomic E-state index is 0.522. The Kier molecular flexibility index (Phi) is 3.37.